The predicted octanol–water partition coefficient (Wildman–Crippen LogP) is 0.943. The number of rotatable bonds is 1. The molecule has 0 spiro atoms. The molecule has 0 aliphatic heterocycles. The molecule has 0 aliphatic carbocycles. The summed E-state index contributed by atoms with van der Waals surface area (Å²) >= 11 is 6.73. The van der Waals surface area contributed by atoms with Gasteiger partial charge in [0.25, 0.3) is 10.1 Å². The second kappa shape index (κ2) is 4.62. The van der Waals surface area contributed by atoms with E-state index in [0.29, 0.717) is 10.2 Å². The normalized spacial score (nSPS) is 11.3. The molecule has 9 heteroatoms. The number of benzene rings is 1. The monoisotopic (exact) mass is 274 g/mol. The van der Waals surface area contributed by atoms with Gasteiger partial charge in [-0.2, -0.15) is 8.42 Å². The SMILES string of the molecule is O=S(=O)(O)c1ccc2nnsc2c1Cl.[NaH]. The van der Waals surface area contributed by atoms with Gasteiger partial charge in [0, 0.05) is 0 Å². The Kier molecular flexibility index (Phi) is 4.10. The maximum absolute atomic E-state index is 10.9. The van der Waals surface area contributed by atoms with E-state index in [1.165, 1.54) is 12.1 Å². The van der Waals surface area contributed by atoms with Gasteiger partial charge in [0.2, 0.25) is 0 Å². The van der Waals surface area contributed by atoms with E-state index >= 15 is 0 Å². The second-order valence-corrected chi connectivity index (χ2v) is 5.00. The van der Waals surface area contributed by atoms with Crippen molar-refractivity contribution in [3.8, 4) is 0 Å². The minimum absolute atomic E-state index is 0. The molecule has 0 aliphatic rings. The third-order valence-corrected chi connectivity index (χ3v) is 3.87. The number of halogens is 1. The van der Waals surface area contributed by atoms with Gasteiger partial charge in [0.1, 0.15) is 10.4 Å². The van der Waals surface area contributed by atoms with E-state index in [1.54, 1.807) is 0 Å². The quantitative estimate of drug-likeness (QED) is 0.618. The third-order valence-electron chi connectivity index (χ3n) is 1.60. The van der Waals surface area contributed by atoms with E-state index in [0.717, 1.165) is 11.5 Å². The van der Waals surface area contributed by atoms with E-state index in [4.69, 9.17) is 16.2 Å². The first-order valence-electron chi connectivity index (χ1n) is 3.38. The Hall–Kier alpha value is 0.240. The van der Waals surface area contributed by atoms with Crippen LogP contribution in [0, 0.1) is 0 Å². The van der Waals surface area contributed by atoms with Gasteiger partial charge in [0.15, 0.2) is 0 Å². The van der Waals surface area contributed by atoms with Crippen LogP contribution in [0.1, 0.15) is 0 Å². The van der Waals surface area contributed by atoms with Crippen molar-refractivity contribution in [2.24, 2.45) is 0 Å². The Balaban J connectivity index is 0.00000112. The average Bonchev–Trinajstić information content (AvgIpc) is 2.50. The van der Waals surface area contributed by atoms with Crippen molar-refractivity contribution in [3.05, 3.63) is 17.2 Å². The van der Waals surface area contributed by atoms with Crippen LogP contribution in [0.2, 0.25) is 5.02 Å². The van der Waals surface area contributed by atoms with Gasteiger partial charge in [-0.05, 0) is 23.7 Å². The van der Waals surface area contributed by atoms with E-state index in [1.807, 2.05) is 0 Å². The Bertz CT molecular complexity index is 597. The first kappa shape index (κ1) is 13.3. The van der Waals surface area contributed by atoms with Crippen molar-refractivity contribution in [1.29, 1.82) is 0 Å². The Labute approximate surface area is 117 Å². The predicted molar refractivity (Wildman–Crippen MR) is 59.4 cm³/mol. The Morgan fingerprint density at radius 1 is 1.40 bits per heavy atom. The topological polar surface area (TPSA) is 80.2 Å². The third kappa shape index (κ3) is 2.50. The number of fused-ring (bicyclic) bond motifs is 1. The van der Waals surface area contributed by atoms with Gasteiger partial charge in [-0.1, -0.05) is 16.1 Å². The van der Waals surface area contributed by atoms with E-state index < -0.39 is 10.1 Å². The molecule has 1 aromatic carbocycles. The zero-order chi connectivity index (χ0) is 10.3. The van der Waals surface area contributed by atoms with Crippen molar-refractivity contribution in [2.75, 3.05) is 0 Å². The zero-order valence-corrected chi connectivity index (χ0v) is 8.90. The van der Waals surface area contributed by atoms with Crippen molar-refractivity contribution in [1.82, 2.24) is 9.59 Å². The molecule has 76 valence electrons. The average molecular weight is 275 g/mol. The van der Waals surface area contributed by atoms with Crippen LogP contribution < -0.4 is 0 Å². The Morgan fingerprint density at radius 3 is 2.67 bits per heavy atom. The molecule has 0 bridgehead atoms. The van der Waals surface area contributed by atoms with Crippen molar-refractivity contribution in [3.63, 3.8) is 0 Å². The fourth-order valence-electron chi connectivity index (χ4n) is 0.998. The molecule has 1 N–H and O–H groups in total. The molecule has 0 unspecified atom stereocenters. The standard InChI is InChI=1S/C6H3ClN2O3S2.Na.H/c7-5-4(14(10,11)12)2-1-3-6(5)13-9-8-3;;/h1-2H,(H,10,11,12);;. The van der Waals surface area contributed by atoms with E-state index in [9.17, 15) is 8.42 Å². The summed E-state index contributed by atoms with van der Waals surface area (Å²) in [4.78, 5) is -0.322. The second-order valence-electron chi connectivity index (χ2n) is 2.47. The molecule has 0 atom stereocenters. The molecule has 5 nitrogen and oxygen atoms in total. The molecule has 0 fully saturated rings. The number of hydrogen-bond acceptors (Lipinski definition) is 5. The molecule has 0 amide bonds. The van der Waals surface area contributed by atoms with Crippen molar-refractivity contribution in [2.45, 2.75) is 4.90 Å². The molecule has 2 aromatic rings. The first-order chi connectivity index (χ1) is 6.50. The fraction of sp³-hybridized carbons (Fsp3) is 0. The Morgan fingerprint density at radius 2 is 2.07 bits per heavy atom. The minimum atomic E-state index is -4.28. The van der Waals surface area contributed by atoms with E-state index in [-0.39, 0.29) is 39.5 Å². The van der Waals surface area contributed by atoms with Crippen LogP contribution in [-0.2, 0) is 10.1 Å². The fourth-order valence-corrected chi connectivity index (χ4v) is 2.79. The molecular weight excluding hydrogens is 271 g/mol. The molecule has 2 rings (SSSR count). The molecule has 0 saturated heterocycles. The summed E-state index contributed by atoms with van der Waals surface area (Å²) in [5.74, 6) is 0. The van der Waals surface area contributed by atoms with Gasteiger partial charge in [0.05, 0.1) is 9.72 Å². The molecule has 15 heavy (non-hydrogen) atoms. The summed E-state index contributed by atoms with van der Waals surface area (Å²) in [7, 11) is -4.28. The summed E-state index contributed by atoms with van der Waals surface area (Å²) in [6.07, 6.45) is 0. The number of aromatic nitrogens is 2. The summed E-state index contributed by atoms with van der Waals surface area (Å²) in [6.45, 7) is 0. The zero-order valence-electron chi connectivity index (χ0n) is 6.51. The molecule has 1 aromatic heterocycles. The van der Waals surface area contributed by atoms with Gasteiger partial charge in [-0.3, -0.25) is 4.55 Å². The van der Waals surface area contributed by atoms with Crippen LogP contribution in [0.15, 0.2) is 17.0 Å². The van der Waals surface area contributed by atoms with Crippen LogP contribution in [0.3, 0.4) is 0 Å². The summed E-state index contributed by atoms with van der Waals surface area (Å²) < 4.78 is 34.6. The van der Waals surface area contributed by atoms with E-state index in [2.05, 4.69) is 9.59 Å². The van der Waals surface area contributed by atoms with Gasteiger partial charge >= 0.3 is 29.6 Å². The van der Waals surface area contributed by atoms with Gasteiger partial charge in [-0.25, -0.2) is 0 Å². The molecule has 0 saturated carbocycles. The number of nitrogens with zero attached hydrogens (tertiary/aromatic N) is 2. The number of hydrogen-bond donors (Lipinski definition) is 1. The van der Waals surface area contributed by atoms with Crippen LogP contribution in [0.5, 0.6) is 0 Å². The maximum atomic E-state index is 10.9. The first-order valence-corrected chi connectivity index (χ1v) is 5.97. The molecule has 0 radical (unpaired) electrons. The summed E-state index contributed by atoms with van der Waals surface area (Å²) in [5, 5.41) is 3.67. The molecular formula is C6H4ClN2NaO3S2. The van der Waals surface area contributed by atoms with Gasteiger partial charge < -0.3 is 0 Å². The van der Waals surface area contributed by atoms with Crippen LogP contribution >= 0.6 is 23.1 Å². The molecule has 1 heterocycles. The van der Waals surface area contributed by atoms with Crippen molar-refractivity contribution < 1.29 is 13.0 Å². The van der Waals surface area contributed by atoms with Crippen molar-refractivity contribution >= 4 is 73.0 Å². The summed E-state index contributed by atoms with van der Waals surface area (Å²) in [6, 6.07) is 2.63. The van der Waals surface area contributed by atoms with Crippen LogP contribution in [0.25, 0.3) is 10.2 Å². The van der Waals surface area contributed by atoms with Crippen LogP contribution in [-0.4, -0.2) is 52.1 Å². The van der Waals surface area contributed by atoms with Crippen LogP contribution in [0.4, 0.5) is 0 Å². The van der Waals surface area contributed by atoms with Gasteiger partial charge in [-0.15, -0.1) is 5.10 Å². The summed E-state index contributed by atoms with van der Waals surface area (Å²) in [5.41, 5.74) is 0.507.